The molecule has 0 unspecified atom stereocenters. The smallest absolute Gasteiger partial charge is 0.243 e. The largest absolute Gasteiger partial charge is 0.361 e. The molecule has 1 aliphatic rings. The van der Waals surface area contributed by atoms with Crippen LogP contribution in [0.2, 0.25) is 0 Å². The van der Waals surface area contributed by atoms with Crippen LogP contribution in [0.25, 0.3) is 0 Å². The van der Waals surface area contributed by atoms with Crippen LogP contribution in [0.15, 0.2) is 39.8 Å². The van der Waals surface area contributed by atoms with E-state index in [-0.39, 0.29) is 11.8 Å². The number of carbonyl (C=O) groups is 1. The third-order valence-electron chi connectivity index (χ3n) is 4.83. The van der Waals surface area contributed by atoms with Gasteiger partial charge in [0.2, 0.25) is 15.9 Å². The van der Waals surface area contributed by atoms with E-state index < -0.39 is 10.0 Å². The van der Waals surface area contributed by atoms with Gasteiger partial charge in [-0.15, -0.1) is 0 Å². The standard InChI is InChI=1S/C18H23N3O4S/c1-13-17(14(2)25-20-13)12-19-18(22)15-8-10-21(11-9-15)26(23,24)16-6-4-3-5-7-16/h3-7,15H,8-12H2,1-2H3,(H,19,22). The molecule has 0 aliphatic carbocycles. The Kier molecular flexibility index (Phi) is 5.43. The molecule has 1 N–H and O–H groups in total. The van der Waals surface area contributed by atoms with Gasteiger partial charge in [-0.05, 0) is 38.8 Å². The fraction of sp³-hybridized carbons (Fsp3) is 0.444. The summed E-state index contributed by atoms with van der Waals surface area (Å²) in [7, 11) is -3.49. The second-order valence-electron chi connectivity index (χ2n) is 6.51. The highest BCUT2D eigenvalue weighted by atomic mass is 32.2. The number of hydrogen-bond donors (Lipinski definition) is 1. The highest BCUT2D eigenvalue weighted by molar-refractivity contribution is 7.89. The van der Waals surface area contributed by atoms with Gasteiger partial charge in [0, 0.05) is 31.1 Å². The number of hydrogen-bond acceptors (Lipinski definition) is 5. The van der Waals surface area contributed by atoms with Crippen LogP contribution in [0.5, 0.6) is 0 Å². The van der Waals surface area contributed by atoms with Gasteiger partial charge in [-0.2, -0.15) is 4.31 Å². The molecule has 0 saturated carbocycles. The van der Waals surface area contributed by atoms with Gasteiger partial charge < -0.3 is 9.84 Å². The summed E-state index contributed by atoms with van der Waals surface area (Å²) in [5.41, 5.74) is 1.66. The van der Waals surface area contributed by atoms with Crippen LogP contribution in [0.4, 0.5) is 0 Å². The number of carbonyl (C=O) groups excluding carboxylic acids is 1. The van der Waals surface area contributed by atoms with Crippen molar-refractivity contribution in [2.45, 2.75) is 38.1 Å². The molecular formula is C18H23N3O4S. The number of rotatable bonds is 5. The second kappa shape index (κ2) is 7.59. The number of piperidine rings is 1. The number of nitrogens with one attached hydrogen (secondary N) is 1. The summed E-state index contributed by atoms with van der Waals surface area (Å²) < 4.78 is 31.8. The van der Waals surface area contributed by atoms with Gasteiger partial charge in [0.1, 0.15) is 5.76 Å². The molecule has 0 atom stereocenters. The molecule has 1 aromatic heterocycles. The van der Waals surface area contributed by atoms with Crippen molar-refractivity contribution >= 4 is 15.9 Å². The van der Waals surface area contributed by atoms with Crippen LogP contribution in [-0.4, -0.2) is 36.9 Å². The van der Waals surface area contributed by atoms with Gasteiger partial charge in [-0.25, -0.2) is 8.42 Å². The van der Waals surface area contributed by atoms with Gasteiger partial charge in [0.15, 0.2) is 0 Å². The van der Waals surface area contributed by atoms with E-state index in [1.807, 2.05) is 13.8 Å². The van der Waals surface area contributed by atoms with Crippen molar-refractivity contribution in [3.8, 4) is 0 Å². The summed E-state index contributed by atoms with van der Waals surface area (Å²) in [4.78, 5) is 12.7. The molecule has 140 valence electrons. The second-order valence-corrected chi connectivity index (χ2v) is 8.45. The van der Waals surface area contributed by atoms with Gasteiger partial charge in [0.05, 0.1) is 10.6 Å². The van der Waals surface area contributed by atoms with Crippen molar-refractivity contribution in [1.29, 1.82) is 0 Å². The molecule has 1 saturated heterocycles. The average molecular weight is 377 g/mol. The molecule has 8 heteroatoms. The van der Waals surface area contributed by atoms with Gasteiger partial charge in [-0.1, -0.05) is 23.4 Å². The molecule has 1 aliphatic heterocycles. The highest BCUT2D eigenvalue weighted by Gasteiger charge is 2.32. The minimum atomic E-state index is -3.49. The lowest BCUT2D eigenvalue weighted by Gasteiger charge is -2.30. The first kappa shape index (κ1) is 18.6. The highest BCUT2D eigenvalue weighted by Crippen LogP contribution is 2.24. The Morgan fingerprint density at radius 3 is 2.46 bits per heavy atom. The van der Waals surface area contributed by atoms with Crippen LogP contribution in [0.1, 0.15) is 29.9 Å². The van der Waals surface area contributed by atoms with Gasteiger partial charge >= 0.3 is 0 Å². The minimum absolute atomic E-state index is 0.0539. The zero-order valence-corrected chi connectivity index (χ0v) is 15.8. The summed E-state index contributed by atoms with van der Waals surface area (Å²) in [5.74, 6) is 0.464. The maximum atomic E-state index is 12.6. The third-order valence-corrected chi connectivity index (χ3v) is 6.74. The van der Waals surface area contributed by atoms with Gasteiger partial charge in [0.25, 0.3) is 0 Å². The van der Waals surface area contributed by atoms with E-state index in [4.69, 9.17) is 4.52 Å². The number of nitrogens with zero attached hydrogens (tertiary/aromatic N) is 2. The molecular weight excluding hydrogens is 354 g/mol. The molecule has 2 aromatic rings. The van der Waals surface area contributed by atoms with Crippen molar-refractivity contribution in [3.05, 3.63) is 47.3 Å². The van der Waals surface area contributed by atoms with Crippen molar-refractivity contribution in [3.63, 3.8) is 0 Å². The Morgan fingerprint density at radius 1 is 1.23 bits per heavy atom. The van der Waals surface area contributed by atoms with E-state index in [9.17, 15) is 13.2 Å². The first-order valence-corrected chi connectivity index (χ1v) is 10.1. The maximum Gasteiger partial charge on any atom is 0.243 e. The Bertz CT molecular complexity index is 850. The summed E-state index contributed by atoms with van der Waals surface area (Å²) in [6.07, 6.45) is 1.03. The van der Waals surface area contributed by atoms with E-state index >= 15 is 0 Å². The predicted molar refractivity (Wildman–Crippen MR) is 95.7 cm³/mol. The fourth-order valence-electron chi connectivity index (χ4n) is 3.17. The maximum absolute atomic E-state index is 12.6. The van der Waals surface area contributed by atoms with Crippen molar-refractivity contribution < 1.29 is 17.7 Å². The molecule has 0 bridgehead atoms. The lowest BCUT2D eigenvalue weighted by molar-refractivity contribution is -0.126. The molecule has 1 amide bonds. The van der Waals surface area contributed by atoms with E-state index in [1.54, 1.807) is 30.3 Å². The Hall–Kier alpha value is -2.19. The van der Waals surface area contributed by atoms with Crippen molar-refractivity contribution in [1.82, 2.24) is 14.8 Å². The summed E-state index contributed by atoms with van der Waals surface area (Å²) in [6, 6.07) is 8.40. The number of sulfonamides is 1. The monoisotopic (exact) mass is 377 g/mol. The minimum Gasteiger partial charge on any atom is -0.361 e. The normalized spacial score (nSPS) is 16.5. The van der Waals surface area contributed by atoms with E-state index in [2.05, 4.69) is 10.5 Å². The molecule has 0 spiro atoms. The zero-order valence-electron chi connectivity index (χ0n) is 14.9. The Labute approximate surface area is 153 Å². The molecule has 1 fully saturated rings. The van der Waals surface area contributed by atoms with Crippen molar-refractivity contribution in [2.24, 2.45) is 5.92 Å². The number of benzene rings is 1. The van der Waals surface area contributed by atoms with Crippen molar-refractivity contribution in [2.75, 3.05) is 13.1 Å². The number of aryl methyl sites for hydroxylation is 2. The SMILES string of the molecule is Cc1noc(C)c1CNC(=O)C1CCN(S(=O)(=O)c2ccccc2)CC1. The lowest BCUT2D eigenvalue weighted by atomic mass is 9.97. The molecule has 7 nitrogen and oxygen atoms in total. The summed E-state index contributed by atoms with van der Waals surface area (Å²) >= 11 is 0. The average Bonchev–Trinajstić information content (AvgIpc) is 2.98. The third kappa shape index (κ3) is 3.81. The summed E-state index contributed by atoms with van der Waals surface area (Å²) in [6.45, 7) is 4.73. The van der Waals surface area contributed by atoms with Crippen LogP contribution < -0.4 is 5.32 Å². The topological polar surface area (TPSA) is 92.5 Å². The number of aromatic nitrogens is 1. The predicted octanol–water partition coefficient (Wildman–Crippen LogP) is 2.01. The van der Waals surface area contributed by atoms with E-state index in [1.165, 1.54) is 4.31 Å². The molecule has 2 heterocycles. The first-order chi connectivity index (χ1) is 12.4. The fourth-order valence-corrected chi connectivity index (χ4v) is 4.66. The molecule has 1 aromatic carbocycles. The molecule has 3 rings (SSSR count). The zero-order chi connectivity index (χ0) is 18.7. The molecule has 0 radical (unpaired) electrons. The van der Waals surface area contributed by atoms with E-state index in [0.29, 0.717) is 43.1 Å². The lowest BCUT2D eigenvalue weighted by Crippen LogP contribution is -2.42. The quantitative estimate of drug-likeness (QED) is 0.860. The Balaban J connectivity index is 1.56. The summed E-state index contributed by atoms with van der Waals surface area (Å²) in [5, 5.41) is 6.79. The van der Waals surface area contributed by atoms with Crippen LogP contribution >= 0.6 is 0 Å². The van der Waals surface area contributed by atoms with Crippen LogP contribution in [0.3, 0.4) is 0 Å². The van der Waals surface area contributed by atoms with Crippen LogP contribution in [-0.2, 0) is 21.4 Å². The molecule has 26 heavy (non-hydrogen) atoms. The van der Waals surface area contributed by atoms with E-state index in [0.717, 1.165) is 11.3 Å². The first-order valence-electron chi connectivity index (χ1n) is 8.64. The Morgan fingerprint density at radius 2 is 1.88 bits per heavy atom. The number of amides is 1. The van der Waals surface area contributed by atoms with Gasteiger partial charge in [-0.3, -0.25) is 4.79 Å². The van der Waals surface area contributed by atoms with Crippen LogP contribution in [0, 0.1) is 19.8 Å².